The molecule has 2 aromatic rings. The largest absolute Gasteiger partial charge is 0.356 e. The molecule has 0 amide bonds. The summed E-state index contributed by atoms with van der Waals surface area (Å²) < 4.78 is 1.19. The zero-order valence-electron chi connectivity index (χ0n) is 9.19. The van der Waals surface area contributed by atoms with Gasteiger partial charge in [0.15, 0.2) is 0 Å². The SMILES string of the molecule is CCN(CCCBr)c1ncnc2ccsc12. The summed E-state index contributed by atoms with van der Waals surface area (Å²) in [4.78, 5) is 11.0. The van der Waals surface area contributed by atoms with E-state index in [1.807, 2.05) is 6.07 Å². The van der Waals surface area contributed by atoms with E-state index >= 15 is 0 Å². The summed E-state index contributed by atoms with van der Waals surface area (Å²) >= 11 is 5.18. The number of anilines is 1. The van der Waals surface area contributed by atoms with Crippen LogP contribution in [0.1, 0.15) is 13.3 Å². The number of halogens is 1. The highest BCUT2D eigenvalue weighted by Gasteiger charge is 2.11. The van der Waals surface area contributed by atoms with Crippen molar-refractivity contribution >= 4 is 43.3 Å². The maximum Gasteiger partial charge on any atom is 0.150 e. The van der Waals surface area contributed by atoms with Crippen molar-refractivity contribution in [3.63, 3.8) is 0 Å². The predicted molar refractivity (Wildman–Crippen MR) is 73.7 cm³/mol. The van der Waals surface area contributed by atoms with E-state index in [0.29, 0.717) is 0 Å². The molecule has 0 saturated carbocycles. The third kappa shape index (κ3) is 2.35. The molecular formula is C11H14BrN3S. The van der Waals surface area contributed by atoms with Gasteiger partial charge in [0.25, 0.3) is 0 Å². The molecule has 2 heterocycles. The topological polar surface area (TPSA) is 29.0 Å². The van der Waals surface area contributed by atoms with Crippen LogP contribution in [0.25, 0.3) is 10.2 Å². The summed E-state index contributed by atoms with van der Waals surface area (Å²) in [5, 5.41) is 3.10. The molecule has 0 spiro atoms. The molecule has 5 heteroatoms. The van der Waals surface area contributed by atoms with Gasteiger partial charge in [-0.3, -0.25) is 0 Å². The molecule has 0 bridgehead atoms. The van der Waals surface area contributed by atoms with Gasteiger partial charge >= 0.3 is 0 Å². The van der Waals surface area contributed by atoms with Crippen LogP contribution < -0.4 is 4.90 Å². The van der Waals surface area contributed by atoms with Crippen molar-refractivity contribution in [3.05, 3.63) is 17.8 Å². The number of hydrogen-bond donors (Lipinski definition) is 0. The van der Waals surface area contributed by atoms with Crippen molar-refractivity contribution in [1.29, 1.82) is 0 Å². The van der Waals surface area contributed by atoms with E-state index in [9.17, 15) is 0 Å². The number of thiophene rings is 1. The molecule has 0 radical (unpaired) electrons. The Morgan fingerprint density at radius 3 is 3.06 bits per heavy atom. The third-order valence-corrected chi connectivity index (χ3v) is 3.93. The quantitative estimate of drug-likeness (QED) is 0.793. The second-order valence-corrected chi connectivity index (χ2v) is 5.16. The maximum atomic E-state index is 4.41. The van der Waals surface area contributed by atoms with Crippen molar-refractivity contribution in [2.45, 2.75) is 13.3 Å². The van der Waals surface area contributed by atoms with E-state index in [1.165, 1.54) is 4.70 Å². The molecule has 0 N–H and O–H groups in total. The van der Waals surface area contributed by atoms with Crippen molar-refractivity contribution in [2.24, 2.45) is 0 Å². The van der Waals surface area contributed by atoms with Gasteiger partial charge in [-0.2, -0.15) is 0 Å². The lowest BCUT2D eigenvalue weighted by molar-refractivity contribution is 0.788. The molecular weight excluding hydrogens is 286 g/mol. The Bertz CT molecular complexity index is 457. The summed E-state index contributed by atoms with van der Waals surface area (Å²) in [6.07, 6.45) is 2.78. The number of rotatable bonds is 5. The fraction of sp³-hybridized carbons (Fsp3) is 0.455. The Kier molecular flexibility index (Phi) is 4.12. The first-order valence-corrected chi connectivity index (χ1v) is 7.36. The van der Waals surface area contributed by atoms with Gasteiger partial charge in [-0.05, 0) is 24.8 Å². The highest BCUT2D eigenvalue weighted by molar-refractivity contribution is 9.09. The molecule has 0 aliphatic carbocycles. The first-order chi connectivity index (χ1) is 7.86. The fourth-order valence-electron chi connectivity index (χ4n) is 1.67. The Morgan fingerprint density at radius 2 is 2.31 bits per heavy atom. The molecule has 0 aliphatic heterocycles. The number of hydrogen-bond acceptors (Lipinski definition) is 4. The number of nitrogens with zero attached hydrogens (tertiary/aromatic N) is 3. The van der Waals surface area contributed by atoms with Gasteiger partial charge < -0.3 is 4.90 Å². The molecule has 16 heavy (non-hydrogen) atoms. The average Bonchev–Trinajstić information content (AvgIpc) is 2.78. The van der Waals surface area contributed by atoms with Gasteiger partial charge in [0.05, 0.1) is 10.2 Å². The lowest BCUT2D eigenvalue weighted by Crippen LogP contribution is -2.25. The Morgan fingerprint density at radius 1 is 1.44 bits per heavy atom. The van der Waals surface area contributed by atoms with Crippen LogP contribution in [0, 0.1) is 0 Å². The summed E-state index contributed by atoms with van der Waals surface area (Å²) in [6, 6.07) is 2.05. The molecule has 0 aromatic carbocycles. The van der Waals surface area contributed by atoms with Gasteiger partial charge in [-0.1, -0.05) is 15.9 Å². The molecule has 0 aliphatic rings. The zero-order valence-corrected chi connectivity index (χ0v) is 11.6. The molecule has 3 nitrogen and oxygen atoms in total. The minimum atomic E-state index is 0.983. The number of alkyl halides is 1. The highest BCUT2D eigenvalue weighted by atomic mass is 79.9. The molecule has 2 rings (SSSR count). The Balaban J connectivity index is 2.32. The van der Waals surface area contributed by atoms with Crippen molar-refractivity contribution in [2.75, 3.05) is 23.3 Å². The first-order valence-electron chi connectivity index (χ1n) is 5.36. The van der Waals surface area contributed by atoms with E-state index in [-0.39, 0.29) is 0 Å². The van der Waals surface area contributed by atoms with Crippen LogP contribution in [0.5, 0.6) is 0 Å². The summed E-state index contributed by atoms with van der Waals surface area (Å²) in [5.41, 5.74) is 1.05. The van der Waals surface area contributed by atoms with Gasteiger partial charge in [-0.25, -0.2) is 9.97 Å². The van der Waals surface area contributed by atoms with E-state index in [1.54, 1.807) is 17.7 Å². The van der Waals surface area contributed by atoms with Crippen LogP contribution in [0.4, 0.5) is 5.82 Å². The second kappa shape index (κ2) is 5.59. The van der Waals surface area contributed by atoms with Crippen molar-refractivity contribution in [1.82, 2.24) is 9.97 Å². The van der Waals surface area contributed by atoms with E-state index in [0.717, 1.165) is 36.2 Å². The number of fused-ring (bicyclic) bond motifs is 1. The van der Waals surface area contributed by atoms with Crippen molar-refractivity contribution in [3.8, 4) is 0 Å². The lowest BCUT2D eigenvalue weighted by atomic mass is 10.3. The van der Waals surface area contributed by atoms with Crippen molar-refractivity contribution < 1.29 is 0 Å². The van der Waals surface area contributed by atoms with Crippen LogP contribution in [-0.2, 0) is 0 Å². The first kappa shape index (κ1) is 11.8. The standard InChI is InChI=1S/C11H14BrN3S/c1-2-15(6-3-5-12)11-10-9(4-7-16-10)13-8-14-11/h4,7-8H,2-3,5-6H2,1H3. The van der Waals surface area contributed by atoms with Crippen LogP contribution in [-0.4, -0.2) is 28.4 Å². The minimum Gasteiger partial charge on any atom is -0.356 e. The summed E-state index contributed by atoms with van der Waals surface area (Å²) in [6.45, 7) is 4.18. The van der Waals surface area contributed by atoms with E-state index in [4.69, 9.17) is 0 Å². The highest BCUT2D eigenvalue weighted by Crippen LogP contribution is 2.27. The second-order valence-electron chi connectivity index (χ2n) is 3.45. The molecule has 86 valence electrons. The average molecular weight is 300 g/mol. The maximum absolute atomic E-state index is 4.41. The minimum absolute atomic E-state index is 0.983. The summed E-state index contributed by atoms with van der Waals surface area (Å²) in [7, 11) is 0. The Hall–Kier alpha value is -0.680. The van der Waals surface area contributed by atoms with E-state index in [2.05, 4.69) is 43.1 Å². The smallest absolute Gasteiger partial charge is 0.150 e. The number of aromatic nitrogens is 2. The van der Waals surface area contributed by atoms with Gasteiger partial charge in [-0.15, -0.1) is 11.3 Å². The van der Waals surface area contributed by atoms with Gasteiger partial charge in [0.2, 0.25) is 0 Å². The molecule has 0 unspecified atom stereocenters. The lowest BCUT2D eigenvalue weighted by Gasteiger charge is -2.21. The van der Waals surface area contributed by atoms with E-state index < -0.39 is 0 Å². The fourth-order valence-corrected chi connectivity index (χ4v) is 2.78. The molecule has 2 aromatic heterocycles. The van der Waals surface area contributed by atoms with Crippen LogP contribution >= 0.6 is 27.3 Å². The van der Waals surface area contributed by atoms with Crippen LogP contribution in [0.2, 0.25) is 0 Å². The monoisotopic (exact) mass is 299 g/mol. The molecule has 0 fully saturated rings. The normalized spacial score (nSPS) is 10.9. The Labute approximate surface area is 108 Å². The zero-order chi connectivity index (χ0) is 11.4. The van der Waals surface area contributed by atoms with Crippen LogP contribution in [0.15, 0.2) is 17.8 Å². The molecule has 0 atom stereocenters. The summed E-state index contributed by atoms with van der Waals surface area (Å²) in [5.74, 6) is 1.07. The predicted octanol–water partition coefficient (Wildman–Crippen LogP) is 3.30. The third-order valence-electron chi connectivity index (χ3n) is 2.47. The molecule has 0 saturated heterocycles. The van der Waals surface area contributed by atoms with Gasteiger partial charge in [0.1, 0.15) is 12.1 Å². The van der Waals surface area contributed by atoms with Crippen LogP contribution in [0.3, 0.4) is 0 Å². The van der Waals surface area contributed by atoms with Gasteiger partial charge in [0, 0.05) is 18.4 Å².